The summed E-state index contributed by atoms with van der Waals surface area (Å²) in [5.74, 6) is 1.66. The highest BCUT2D eigenvalue weighted by atomic mass is 35.5. The van der Waals surface area contributed by atoms with Crippen molar-refractivity contribution in [2.75, 3.05) is 13.7 Å². The first-order valence-corrected chi connectivity index (χ1v) is 8.95. The number of carbonyl (C=O) groups is 1. The van der Waals surface area contributed by atoms with Crippen molar-refractivity contribution in [2.45, 2.75) is 0 Å². The van der Waals surface area contributed by atoms with E-state index in [1.165, 1.54) is 6.21 Å². The lowest BCUT2D eigenvalue weighted by atomic mass is 10.2. The van der Waals surface area contributed by atoms with Gasteiger partial charge in [-0.25, -0.2) is 5.43 Å². The minimum atomic E-state index is -0.426. The number of ether oxygens (including phenoxy) is 2. The molecular weight excluding hydrogens is 403 g/mol. The topological polar surface area (TPSA) is 73.1 Å². The number of nitrogens with zero attached hydrogens (tertiary/aromatic N) is 1. The number of hydrogen-bond donors (Lipinski definition) is 1. The van der Waals surface area contributed by atoms with Crippen molar-refractivity contribution < 1.29 is 18.7 Å². The molecule has 1 N–H and O–H groups in total. The second-order valence-electron chi connectivity index (χ2n) is 5.56. The highest BCUT2D eigenvalue weighted by molar-refractivity contribution is 6.32. The third-order valence-corrected chi connectivity index (χ3v) is 4.25. The van der Waals surface area contributed by atoms with E-state index in [9.17, 15) is 4.79 Å². The summed E-state index contributed by atoms with van der Waals surface area (Å²) in [6.45, 7) is -0.213. The predicted molar refractivity (Wildman–Crippen MR) is 108 cm³/mol. The van der Waals surface area contributed by atoms with E-state index in [1.54, 1.807) is 55.6 Å². The van der Waals surface area contributed by atoms with Gasteiger partial charge in [0, 0.05) is 5.56 Å². The second kappa shape index (κ2) is 9.30. The van der Waals surface area contributed by atoms with Crippen LogP contribution in [0.15, 0.2) is 64.1 Å². The maximum absolute atomic E-state index is 11.8. The van der Waals surface area contributed by atoms with Gasteiger partial charge in [-0.3, -0.25) is 4.79 Å². The van der Waals surface area contributed by atoms with Crippen LogP contribution < -0.4 is 14.9 Å². The molecule has 144 valence electrons. The Morgan fingerprint density at radius 1 is 1.11 bits per heavy atom. The second-order valence-corrected chi connectivity index (χ2v) is 6.38. The van der Waals surface area contributed by atoms with E-state index in [0.29, 0.717) is 33.1 Å². The largest absolute Gasteiger partial charge is 0.495 e. The van der Waals surface area contributed by atoms with Gasteiger partial charge in [0.25, 0.3) is 5.91 Å². The van der Waals surface area contributed by atoms with Gasteiger partial charge in [0.2, 0.25) is 0 Å². The molecule has 0 saturated carbocycles. The number of furan rings is 1. The molecule has 6 nitrogen and oxygen atoms in total. The van der Waals surface area contributed by atoms with Crippen LogP contribution in [-0.2, 0) is 4.79 Å². The van der Waals surface area contributed by atoms with Crippen molar-refractivity contribution >= 4 is 35.3 Å². The van der Waals surface area contributed by atoms with Crippen molar-refractivity contribution in [1.82, 2.24) is 5.43 Å². The summed E-state index contributed by atoms with van der Waals surface area (Å²) in [6.07, 6.45) is 1.39. The van der Waals surface area contributed by atoms with Crippen molar-refractivity contribution in [1.29, 1.82) is 0 Å². The summed E-state index contributed by atoms with van der Waals surface area (Å²) in [5.41, 5.74) is 3.15. The molecule has 0 bridgehead atoms. The van der Waals surface area contributed by atoms with E-state index in [4.69, 9.17) is 37.1 Å². The molecule has 0 radical (unpaired) electrons. The zero-order chi connectivity index (χ0) is 19.9. The number of para-hydroxylation sites is 1. The van der Waals surface area contributed by atoms with Gasteiger partial charge < -0.3 is 13.9 Å². The summed E-state index contributed by atoms with van der Waals surface area (Å²) in [4.78, 5) is 11.8. The number of methoxy groups -OCH3 is 1. The van der Waals surface area contributed by atoms with Crippen LogP contribution in [0.4, 0.5) is 0 Å². The molecule has 2 aromatic carbocycles. The molecule has 0 aliphatic heterocycles. The fourth-order valence-electron chi connectivity index (χ4n) is 2.30. The molecule has 3 rings (SSSR count). The van der Waals surface area contributed by atoms with Crippen LogP contribution in [0.2, 0.25) is 10.0 Å². The van der Waals surface area contributed by atoms with Gasteiger partial charge in [0.15, 0.2) is 6.61 Å². The number of carbonyl (C=O) groups excluding carboxylic acids is 1. The third kappa shape index (κ3) is 5.06. The molecule has 0 unspecified atom stereocenters. The fourth-order valence-corrected chi connectivity index (χ4v) is 2.75. The molecular formula is C20H16Cl2N2O4. The van der Waals surface area contributed by atoms with Gasteiger partial charge in [-0.2, -0.15) is 5.10 Å². The van der Waals surface area contributed by atoms with Crippen molar-refractivity contribution in [3.05, 3.63) is 70.4 Å². The highest BCUT2D eigenvalue weighted by Crippen LogP contribution is 2.30. The van der Waals surface area contributed by atoms with Crippen LogP contribution in [0.1, 0.15) is 5.76 Å². The molecule has 0 atom stereocenters. The molecule has 0 spiro atoms. The minimum absolute atomic E-state index is 0.213. The average Bonchev–Trinajstić information content (AvgIpc) is 3.16. The first-order valence-electron chi connectivity index (χ1n) is 8.20. The Kier molecular flexibility index (Phi) is 6.57. The lowest BCUT2D eigenvalue weighted by molar-refractivity contribution is -0.123. The van der Waals surface area contributed by atoms with Crippen molar-refractivity contribution in [3.63, 3.8) is 0 Å². The normalized spacial score (nSPS) is 10.8. The van der Waals surface area contributed by atoms with Gasteiger partial charge in [-0.15, -0.1) is 0 Å². The van der Waals surface area contributed by atoms with E-state index >= 15 is 0 Å². The maximum atomic E-state index is 11.8. The molecule has 8 heteroatoms. The standard InChI is InChI=1S/C20H16Cl2N2O4/c1-26-18-8-6-13(10-16(18)22)17-9-7-14(28-17)11-23-24-20(25)12-27-19-5-3-2-4-15(19)21/h2-11H,12H2,1H3,(H,24,25)/b23-11+. The number of nitrogens with one attached hydrogen (secondary N) is 1. The summed E-state index contributed by atoms with van der Waals surface area (Å²) >= 11 is 12.1. The predicted octanol–water partition coefficient (Wildman–Crippen LogP) is 4.79. The summed E-state index contributed by atoms with van der Waals surface area (Å²) in [7, 11) is 1.55. The Morgan fingerprint density at radius 2 is 1.93 bits per heavy atom. The van der Waals surface area contributed by atoms with E-state index < -0.39 is 5.91 Å². The van der Waals surface area contributed by atoms with Crippen molar-refractivity contribution in [2.24, 2.45) is 5.10 Å². The Hall–Kier alpha value is -2.96. The number of benzene rings is 2. The molecule has 1 heterocycles. The van der Waals surface area contributed by atoms with Crippen LogP contribution in [0.5, 0.6) is 11.5 Å². The lowest BCUT2D eigenvalue weighted by Crippen LogP contribution is -2.24. The zero-order valence-corrected chi connectivity index (χ0v) is 16.3. The first-order chi connectivity index (χ1) is 13.6. The number of rotatable bonds is 7. The van der Waals surface area contributed by atoms with Gasteiger partial charge in [-0.05, 0) is 42.5 Å². The SMILES string of the molecule is COc1ccc(-c2ccc(/C=N/NC(=O)COc3ccccc3Cl)o2)cc1Cl. The molecule has 1 aromatic heterocycles. The van der Waals surface area contributed by atoms with Crippen LogP contribution in [0.25, 0.3) is 11.3 Å². The third-order valence-electron chi connectivity index (χ3n) is 3.64. The minimum Gasteiger partial charge on any atom is -0.495 e. The van der Waals surface area contributed by atoms with Crippen LogP contribution in [-0.4, -0.2) is 25.8 Å². The molecule has 0 aliphatic rings. The van der Waals surface area contributed by atoms with Gasteiger partial charge in [0.1, 0.15) is 23.0 Å². The molecule has 0 aliphatic carbocycles. The maximum Gasteiger partial charge on any atom is 0.277 e. The molecule has 0 saturated heterocycles. The lowest BCUT2D eigenvalue weighted by Gasteiger charge is -2.06. The fraction of sp³-hybridized carbons (Fsp3) is 0.100. The summed E-state index contributed by atoms with van der Waals surface area (Å²) < 4.78 is 16.1. The first kappa shape index (κ1) is 19.8. The molecule has 3 aromatic rings. The number of hydrazone groups is 1. The van der Waals surface area contributed by atoms with Crippen LogP contribution in [0, 0.1) is 0 Å². The van der Waals surface area contributed by atoms with Gasteiger partial charge in [-0.1, -0.05) is 35.3 Å². The van der Waals surface area contributed by atoms with Crippen LogP contribution >= 0.6 is 23.2 Å². The Labute approximate surface area is 171 Å². The van der Waals surface area contributed by atoms with E-state index in [-0.39, 0.29) is 6.61 Å². The Balaban J connectivity index is 1.54. The highest BCUT2D eigenvalue weighted by Gasteiger charge is 2.08. The van der Waals surface area contributed by atoms with E-state index in [1.807, 2.05) is 6.07 Å². The monoisotopic (exact) mass is 418 g/mol. The molecule has 28 heavy (non-hydrogen) atoms. The van der Waals surface area contributed by atoms with Crippen LogP contribution in [0.3, 0.4) is 0 Å². The zero-order valence-electron chi connectivity index (χ0n) is 14.8. The van der Waals surface area contributed by atoms with Crippen molar-refractivity contribution in [3.8, 4) is 22.8 Å². The Bertz CT molecular complexity index is 1000. The smallest absolute Gasteiger partial charge is 0.277 e. The quantitative estimate of drug-likeness (QED) is 0.442. The average molecular weight is 419 g/mol. The van der Waals surface area contributed by atoms with Gasteiger partial charge >= 0.3 is 0 Å². The number of hydrogen-bond acceptors (Lipinski definition) is 5. The van der Waals surface area contributed by atoms with Gasteiger partial charge in [0.05, 0.1) is 23.4 Å². The van der Waals surface area contributed by atoms with E-state index in [2.05, 4.69) is 10.5 Å². The number of halogens is 2. The molecule has 0 fully saturated rings. The summed E-state index contributed by atoms with van der Waals surface area (Å²) in [6, 6.07) is 15.7. The van der Waals surface area contributed by atoms with E-state index in [0.717, 1.165) is 5.56 Å². The number of amides is 1. The summed E-state index contributed by atoms with van der Waals surface area (Å²) in [5, 5.41) is 4.77. The Morgan fingerprint density at radius 3 is 2.68 bits per heavy atom. The molecule has 1 amide bonds.